The van der Waals surface area contributed by atoms with Crippen molar-refractivity contribution in [3.05, 3.63) is 0 Å². The molecule has 0 bridgehead atoms. The van der Waals surface area contributed by atoms with Crippen LogP contribution >= 0.6 is 0 Å². The predicted molar refractivity (Wildman–Crippen MR) is 47.8 cm³/mol. The SMILES string of the molecule is CC(C)C(C[SiH3])C[SiH3]. The first-order valence-electron chi connectivity index (χ1n) is 3.72. The van der Waals surface area contributed by atoms with Gasteiger partial charge in [0.1, 0.15) is 0 Å². The summed E-state index contributed by atoms with van der Waals surface area (Å²) < 4.78 is 0. The third-order valence-electron chi connectivity index (χ3n) is 1.99. The van der Waals surface area contributed by atoms with Crippen LogP contribution in [0.1, 0.15) is 13.8 Å². The molecule has 0 unspecified atom stereocenters. The highest BCUT2D eigenvalue weighted by molar-refractivity contribution is 6.11. The van der Waals surface area contributed by atoms with Crippen molar-refractivity contribution < 1.29 is 0 Å². The van der Waals surface area contributed by atoms with E-state index in [0.717, 1.165) is 11.8 Å². The molecule has 0 saturated heterocycles. The van der Waals surface area contributed by atoms with E-state index in [2.05, 4.69) is 13.8 Å². The second kappa shape index (κ2) is 4.33. The van der Waals surface area contributed by atoms with Crippen LogP contribution in [0.3, 0.4) is 0 Å². The van der Waals surface area contributed by atoms with E-state index in [4.69, 9.17) is 0 Å². The Bertz CT molecular complexity index is 48.5. The van der Waals surface area contributed by atoms with Gasteiger partial charge in [-0.05, 0) is 11.8 Å². The van der Waals surface area contributed by atoms with E-state index in [-0.39, 0.29) is 0 Å². The largest absolute Gasteiger partial charge is 0.0631 e. The highest BCUT2D eigenvalue weighted by Crippen LogP contribution is 2.16. The first-order chi connectivity index (χ1) is 3.72. The zero-order chi connectivity index (χ0) is 6.57. The number of rotatable bonds is 3. The Morgan fingerprint density at radius 3 is 1.50 bits per heavy atom. The molecule has 0 aromatic carbocycles. The van der Waals surface area contributed by atoms with Crippen LogP contribution in [0, 0.1) is 11.8 Å². The van der Waals surface area contributed by atoms with Gasteiger partial charge in [-0.3, -0.25) is 0 Å². The average molecular weight is 146 g/mol. The van der Waals surface area contributed by atoms with E-state index in [1.54, 1.807) is 0 Å². The van der Waals surface area contributed by atoms with Crippen molar-refractivity contribution in [2.45, 2.75) is 25.9 Å². The van der Waals surface area contributed by atoms with Crippen LogP contribution in [0.25, 0.3) is 0 Å². The van der Waals surface area contributed by atoms with Crippen molar-refractivity contribution in [3.8, 4) is 0 Å². The minimum Gasteiger partial charge on any atom is -0.0631 e. The molecule has 0 aromatic rings. The fraction of sp³-hybridized carbons (Fsp3) is 1.00. The fourth-order valence-corrected chi connectivity index (χ4v) is 5.43. The van der Waals surface area contributed by atoms with Gasteiger partial charge in [-0.15, -0.1) is 0 Å². The van der Waals surface area contributed by atoms with Crippen LogP contribution in [-0.2, 0) is 0 Å². The van der Waals surface area contributed by atoms with E-state index >= 15 is 0 Å². The molecule has 0 heterocycles. The summed E-state index contributed by atoms with van der Waals surface area (Å²) in [5.41, 5.74) is 0. The van der Waals surface area contributed by atoms with Crippen molar-refractivity contribution >= 4 is 20.5 Å². The van der Waals surface area contributed by atoms with Gasteiger partial charge in [0, 0.05) is 20.5 Å². The summed E-state index contributed by atoms with van der Waals surface area (Å²) in [5, 5.41) is 0. The second-order valence-corrected chi connectivity index (χ2v) is 4.45. The van der Waals surface area contributed by atoms with Crippen molar-refractivity contribution in [3.63, 3.8) is 0 Å². The van der Waals surface area contributed by atoms with Gasteiger partial charge < -0.3 is 0 Å². The maximum atomic E-state index is 2.35. The lowest BCUT2D eigenvalue weighted by molar-refractivity contribution is 0.457. The molecule has 2 heteroatoms. The molecule has 0 spiro atoms. The molecule has 0 amide bonds. The zero-order valence-electron chi connectivity index (χ0n) is 6.57. The van der Waals surface area contributed by atoms with Crippen LogP contribution in [0.5, 0.6) is 0 Å². The van der Waals surface area contributed by atoms with Gasteiger partial charge in [-0.2, -0.15) is 0 Å². The lowest BCUT2D eigenvalue weighted by atomic mass is 10.0. The Labute approximate surface area is 58.9 Å². The summed E-state index contributed by atoms with van der Waals surface area (Å²) in [6, 6.07) is 3.03. The smallest absolute Gasteiger partial charge is 0.00314 e. The molecule has 0 saturated carbocycles. The van der Waals surface area contributed by atoms with E-state index in [0.29, 0.717) is 0 Å². The van der Waals surface area contributed by atoms with Crippen molar-refractivity contribution in [1.82, 2.24) is 0 Å². The zero-order valence-corrected chi connectivity index (χ0v) is 10.6. The van der Waals surface area contributed by atoms with Gasteiger partial charge >= 0.3 is 0 Å². The van der Waals surface area contributed by atoms with Gasteiger partial charge in [0.15, 0.2) is 0 Å². The molecular formula is C6H18Si2. The minimum atomic E-state index is 0.949. The van der Waals surface area contributed by atoms with Crippen molar-refractivity contribution in [2.24, 2.45) is 11.8 Å². The second-order valence-electron chi connectivity index (χ2n) is 2.82. The number of hydrogen-bond donors (Lipinski definition) is 0. The molecule has 0 N–H and O–H groups in total. The van der Waals surface area contributed by atoms with Crippen LogP contribution < -0.4 is 0 Å². The summed E-state index contributed by atoms with van der Waals surface area (Å²) >= 11 is 0. The Morgan fingerprint density at radius 1 is 1.12 bits per heavy atom. The molecule has 0 rings (SSSR count). The van der Waals surface area contributed by atoms with Gasteiger partial charge in [0.2, 0.25) is 0 Å². The third-order valence-corrected chi connectivity index (χ3v) is 4.09. The highest BCUT2D eigenvalue weighted by Gasteiger charge is 2.06. The van der Waals surface area contributed by atoms with Gasteiger partial charge in [-0.1, -0.05) is 25.9 Å². The van der Waals surface area contributed by atoms with Crippen LogP contribution in [0.2, 0.25) is 12.1 Å². The van der Waals surface area contributed by atoms with E-state index in [9.17, 15) is 0 Å². The molecule has 0 aliphatic heterocycles. The predicted octanol–water partition coefficient (Wildman–Crippen LogP) is -0.174. The van der Waals surface area contributed by atoms with E-state index < -0.39 is 0 Å². The Balaban J connectivity index is 3.35. The highest BCUT2D eigenvalue weighted by atomic mass is 28.1. The molecule has 0 aliphatic rings. The molecule has 0 aromatic heterocycles. The Kier molecular flexibility index (Phi) is 4.56. The van der Waals surface area contributed by atoms with Crippen LogP contribution in [-0.4, -0.2) is 20.5 Å². The summed E-state index contributed by atoms with van der Waals surface area (Å²) in [6.45, 7) is 4.70. The Hall–Kier alpha value is 0.434. The topological polar surface area (TPSA) is 0 Å². The molecule has 0 nitrogen and oxygen atoms in total. The summed E-state index contributed by atoms with van der Waals surface area (Å²) in [7, 11) is 2.80. The number of hydrogen-bond acceptors (Lipinski definition) is 0. The van der Waals surface area contributed by atoms with Crippen LogP contribution in [0.15, 0.2) is 0 Å². The van der Waals surface area contributed by atoms with E-state index in [1.165, 1.54) is 32.6 Å². The van der Waals surface area contributed by atoms with Gasteiger partial charge in [-0.25, -0.2) is 0 Å². The van der Waals surface area contributed by atoms with E-state index in [1.807, 2.05) is 0 Å². The molecule has 0 fully saturated rings. The monoisotopic (exact) mass is 146 g/mol. The maximum absolute atomic E-state index is 2.35. The molecular weight excluding hydrogens is 128 g/mol. The third kappa shape index (κ3) is 2.67. The normalized spacial score (nSPS) is 15.4. The average Bonchev–Trinajstić information content (AvgIpc) is 1.69. The standard InChI is InChI=1S/C6H18Si2/c1-5(2)6(3-7)4-8/h5-6H,3-4H2,1-2,7-8H3. The van der Waals surface area contributed by atoms with Crippen molar-refractivity contribution in [2.75, 3.05) is 0 Å². The first kappa shape index (κ1) is 8.43. The molecule has 0 radical (unpaired) electrons. The van der Waals surface area contributed by atoms with Crippen molar-refractivity contribution in [1.29, 1.82) is 0 Å². The summed E-state index contributed by atoms with van der Waals surface area (Å²) in [5.74, 6) is 2.03. The minimum absolute atomic E-state index is 0.949. The molecule has 8 heavy (non-hydrogen) atoms. The quantitative estimate of drug-likeness (QED) is 0.485. The molecule has 0 atom stereocenters. The first-order valence-corrected chi connectivity index (χ1v) is 6.55. The van der Waals surface area contributed by atoms with Gasteiger partial charge in [0.25, 0.3) is 0 Å². The lowest BCUT2D eigenvalue weighted by Crippen LogP contribution is -2.06. The summed E-state index contributed by atoms with van der Waals surface area (Å²) in [6.07, 6.45) is 0. The lowest BCUT2D eigenvalue weighted by Gasteiger charge is -2.15. The Morgan fingerprint density at radius 2 is 1.50 bits per heavy atom. The molecule has 0 aliphatic carbocycles. The maximum Gasteiger partial charge on any atom is 0.00314 e. The van der Waals surface area contributed by atoms with Gasteiger partial charge in [0.05, 0.1) is 0 Å². The summed E-state index contributed by atoms with van der Waals surface area (Å²) in [4.78, 5) is 0. The fourth-order valence-electron chi connectivity index (χ4n) is 1.23. The van der Waals surface area contributed by atoms with Crippen LogP contribution in [0.4, 0.5) is 0 Å². The molecule has 50 valence electrons.